The summed E-state index contributed by atoms with van der Waals surface area (Å²) < 4.78 is 23.3. The topological polar surface area (TPSA) is 35.5 Å². The number of ether oxygens (including phenoxy) is 2. The molecule has 0 spiro atoms. The van der Waals surface area contributed by atoms with Gasteiger partial charge in [0.2, 0.25) is 0 Å². The van der Waals surface area contributed by atoms with Crippen molar-refractivity contribution in [2.24, 2.45) is 0 Å². The number of benzene rings is 2. The number of methoxy groups -OCH3 is 1. The van der Waals surface area contributed by atoms with Gasteiger partial charge in [0.25, 0.3) is 0 Å². The van der Waals surface area contributed by atoms with E-state index in [0.717, 1.165) is 11.6 Å². The number of esters is 1. The summed E-state index contributed by atoms with van der Waals surface area (Å²) in [6.07, 6.45) is 0. The van der Waals surface area contributed by atoms with E-state index in [1.165, 1.54) is 19.2 Å². The highest BCUT2D eigenvalue weighted by Gasteiger charge is 2.10. The van der Waals surface area contributed by atoms with Gasteiger partial charge in [0.1, 0.15) is 5.75 Å². The molecule has 2 aromatic carbocycles. The molecule has 0 saturated carbocycles. The van der Waals surface area contributed by atoms with Crippen molar-refractivity contribution in [1.29, 1.82) is 0 Å². The van der Waals surface area contributed by atoms with Crippen molar-refractivity contribution in [3.8, 4) is 11.5 Å². The molecule has 0 bridgehead atoms. The molecule has 0 aliphatic heterocycles. The monoisotopic (exact) mass is 260 g/mol. The fourth-order valence-corrected chi connectivity index (χ4v) is 1.57. The van der Waals surface area contributed by atoms with Crippen molar-refractivity contribution in [1.82, 2.24) is 0 Å². The van der Waals surface area contributed by atoms with Crippen LogP contribution in [-0.4, -0.2) is 13.1 Å². The Bertz CT molecular complexity index is 591. The Kier molecular flexibility index (Phi) is 3.80. The van der Waals surface area contributed by atoms with Gasteiger partial charge < -0.3 is 9.47 Å². The highest BCUT2D eigenvalue weighted by atomic mass is 19.1. The first kappa shape index (κ1) is 13.1. The van der Waals surface area contributed by atoms with Crippen LogP contribution < -0.4 is 9.47 Å². The second-order valence-electron chi connectivity index (χ2n) is 4.05. The predicted molar refractivity (Wildman–Crippen MR) is 69.1 cm³/mol. The number of aryl methyl sites for hydroxylation is 1. The van der Waals surface area contributed by atoms with Crippen LogP contribution in [0.1, 0.15) is 15.9 Å². The first-order valence-electron chi connectivity index (χ1n) is 5.72. The fourth-order valence-electron chi connectivity index (χ4n) is 1.57. The third-order valence-corrected chi connectivity index (χ3v) is 2.62. The van der Waals surface area contributed by atoms with Crippen molar-refractivity contribution in [2.45, 2.75) is 6.92 Å². The van der Waals surface area contributed by atoms with Crippen molar-refractivity contribution < 1.29 is 18.7 Å². The summed E-state index contributed by atoms with van der Waals surface area (Å²) in [5.41, 5.74) is 1.47. The van der Waals surface area contributed by atoms with Gasteiger partial charge in [-0.25, -0.2) is 9.18 Å². The van der Waals surface area contributed by atoms with Crippen LogP contribution in [0, 0.1) is 12.7 Å². The molecule has 0 aromatic heterocycles. The van der Waals surface area contributed by atoms with Crippen LogP contribution in [0.25, 0.3) is 0 Å². The van der Waals surface area contributed by atoms with Gasteiger partial charge in [0, 0.05) is 6.07 Å². The molecule has 2 aromatic rings. The van der Waals surface area contributed by atoms with E-state index in [9.17, 15) is 9.18 Å². The lowest BCUT2D eigenvalue weighted by Crippen LogP contribution is -2.08. The normalized spacial score (nSPS) is 10.1. The average Bonchev–Trinajstić information content (AvgIpc) is 2.39. The van der Waals surface area contributed by atoms with Gasteiger partial charge in [-0.1, -0.05) is 17.7 Å². The third-order valence-electron chi connectivity index (χ3n) is 2.62. The highest BCUT2D eigenvalue weighted by molar-refractivity contribution is 5.91. The largest absolute Gasteiger partial charge is 0.494 e. The molecule has 3 nitrogen and oxygen atoms in total. The Morgan fingerprint density at radius 3 is 2.37 bits per heavy atom. The van der Waals surface area contributed by atoms with E-state index in [4.69, 9.17) is 9.47 Å². The molecular formula is C15H13FO3. The molecule has 0 N–H and O–H groups in total. The molecule has 0 amide bonds. The van der Waals surface area contributed by atoms with Crippen molar-refractivity contribution in [2.75, 3.05) is 7.11 Å². The van der Waals surface area contributed by atoms with Gasteiger partial charge in [-0.3, -0.25) is 0 Å². The molecule has 0 atom stereocenters. The van der Waals surface area contributed by atoms with Crippen LogP contribution in [0.2, 0.25) is 0 Å². The van der Waals surface area contributed by atoms with E-state index in [2.05, 4.69) is 0 Å². The summed E-state index contributed by atoms with van der Waals surface area (Å²) in [7, 11) is 1.37. The van der Waals surface area contributed by atoms with Gasteiger partial charge in [-0.15, -0.1) is 0 Å². The quantitative estimate of drug-likeness (QED) is 0.627. The molecule has 0 fully saturated rings. The van der Waals surface area contributed by atoms with Gasteiger partial charge in [0.05, 0.1) is 12.7 Å². The number of halogens is 1. The Balaban J connectivity index is 2.14. The Morgan fingerprint density at radius 1 is 1.11 bits per heavy atom. The Morgan fingerprint density at radius 2 is 1.79 bits per heavy atom. The van der Waals surface area contributed by atoms with Crippen LogP contribution in [-0.2, 0) is 0 Å². The first-order valence-corrected chi connectivity index (χ1v) is 5.72. The minimum atomic E-state index is -0.572. The lowest BCUT2D eigenvalue weighted by atomic mass is 10.1. The zero-order chi connectivity index (χ0) is 13.8. The lowest BCUT2D eigenvalue weighted by molar-refractivity contribution is 0.0734. The van der Waals surface area contributed by atoms with Gasteiger partial charge >= 0.3 is 5.97 Å². The fraction of sp³-hybridized carbons (Fsp3) is 0.133. The SMILES string of the molecule is COc1ccc(OC(=O)c2ccc(C)cc2)cc1F. The minimum absolute atomic E-state index is 0.107. The van der Waals surface area contributed by atoms with Gasteiger partial charge in [-0.2, -0.15) is 0 Å². The second kappa shape index (κ2) is 5.52. The van der Waals surface area contributed by atoms with E-state index in [0.29, 0.717) is 5.56 Å². The van der Waals surface area contributed by atoms with Crippen LogP contribution >= 0.6 is 0 Å². The van der Waals surface area contributed by atoms with Crippen LogP contribution in [0.4, 0.5) is 4.39 Å². The average molecular weight is 260 g/mol. The van der Waals surface area contributed by atoms with E-state index in [-0.39, 0.29) is 11.5 Å². The number of carbonyl (C=O) groups excluding carboxylic acids is 1. The molecule has 0 saturated heterocycles. The zero-order valence-electron chi connectivity index (χ0n) is 10.6. The van der Waals surface area contributed by atoms with Gasteiger partial charge in [-0.05, 0) is 31.2 Å². The number of rotatable bonds is 3. The number of hydrogen-bond acceptors (Lipinski definition) is 3. The molecule has 0 aliphatic carbocycles. The van der Waals surface area contributed by atoms with Gasteiger partial charge in [0.15, 0.2) is 11.6 Å². The van der Waals surface area contributed by atoms with Crippen LogP contribution in [0.15, 0.2) is 42.5 Å². The summed E-state index contributed by atoms with van der Waals surface area (Å²) in [5, 5.41) is 0. The molecule has 2 rings (SSSR count). The second-order valence-corrected chi connectivity index (χ2v) is 4.05. The summed E-state index contributed by atoms with van der Waals surface area (Å²) in [6.45, 7) is 1.92. The number of hydrogen-bond donors (Lipinski definition) is 0. The van der Waals surface area contributed by atoms with E-state index in [1.807, 2.05) is 19.1 Å². The number of carbonyl (C=O) groups is 1. The summed E-state index contributed by atoms with van der Waals surface area (Å²) in [6, 6.07) is 11.0. The summed E-state index contributed by atoms with van der Waals surface area (Å²) in [5.74, 6) is -0.847. The summed E-state index contributed by atoms with van der Waals surface area (Å²) in [4.78, 5) is 11.8. The maximum absolute atomic E-state index is 13.4. The maximum atomic E-state index is 13.4. The Hall–Kier alpha value is -2.36. The molecule has 98 valence electrons. The van der Waals surface area contributed by atoms with E-state index >= 15 is 0 Å². The van der Waals surface area contributed by atoms with Crippen LogP contribution in [0.3, 0.4) is 0 Å². The van der Waals surface area contributed by atoms with Crippen molar-refractivity contribution in [3.63, 3.8) is 0 Å². The predicted octanol–water partition coefficient (Wildman–Crippen LogP) is 3.36. The molecule has 19 heavy (non-hydrogen) atoms. The van der Waals surface area contributed by atoms with Crippen molar-refractivity contribution >= 4 is 5.97 Å². The molecule has 4 heteroatoms. The molecular weight excluding hydrogens is 247 g/mol. The van der Waals surface area contributed by atoms with E-state index < -0.39 is 11.8 Å². The maximum Gasteiger partial charge on any atom is 0.343 e. The van der Waals surface area contributed by atoms with Crippen molar-refractivity contribution in [3.05, 3.63) is 59.4 Å². The minimum Gasteiger partial charge on any atom is -0.494 e. The molecule has 0 unspecified atom stereocenters. The standard InChI is InChI=1S/C15H13FO3/c1-10-3-5-11(6-4-10)15(17)19-12-7-8-14(18-2)13(16)9-12/h3-9H,1-2H3. The summed E-state index contributed by atoms with van der Waals surface area (Å²) >= 11 is 0. The Labute approximate surface area is 110 Å². The molecule has 0 heterocycles. The first-order chi connectivity index (χ1) is 9.10. The molecule has 0 radical (unpaired) electrons. The smallest absolute Gasteiger partial charge is 0.343 e. The lowest BCUT2D eigenvalue weighted by Gasteiger charge is -2.06. The van der Waals surface area contributed by atoms with E-state index in [1.54, 1.807) is 12.1 Å². The third kappa shape index (κ3) is 3.10. The highest BCUT2D eigenvalue weighted by Crippen LogP contribution is 2.22. The molecule has 0 aliphatic rings. The van der Waals surface area contributed by atoms with Crippen LogP contribution in [0.5, 0.6) is 11.5 Å². The zero-order valence-corrected chi connectivity index (χ0v) is 10.6.